The molecule has 3 aromatic carbocycles. The predicted molar refractivity (Wildman–Crippen MR) is 152 cm³/mol. The van der Waals surface area contributed by atoms with E-state index in [9.17, 15) is 21.6 Å². The fraction of sp³-hybridized carbons (Fsp3) is 0.269. The average molecular weight is 608 g/mol. The van der Waals surface area contributed by atoms with Gasteiger partial charge in [0.15, 0.2) is 0 Å². The molecule has 0 spiro atoms. The number of thiazole rings is 1. The molecule has 0 amide bonds. The zero-order chi connectivity index (χ0) is 27.6. The second-order valence-corrected chi connectivity index (χ2v) is 14.1. The summed E-state index contributed by atoms with van der Waals surface area (Å²) in [6.45, 7) is 1.38. The molecule has 13 heteroatoms. The van der Waals surface area contributed by atoms with Gasteiger partial charge in [0, 0.05) is 24.7 Å². The highest BCUT2D eigenvalue weighted by molar-refractivity contribution is 7.89. The van der Waals surface area contributed by atoms with Crippen LogP contribution >= 0.6 is 22.9 Å². The lowest BCUT2D eigenvalue weighted by Crippen LogP contribution is -2.28. The Hall–Kier alpha value is -2.74. The predicted octanol–water partition coefficient (Wildman–Crippen LogP) is 3.91. The van der Waals surface area contributed by atoms with Crippen molar-refractivity contribution in [2.45, 2.75) is 29.2 Å². The number of fused-ring (bicyclic) bond motifs is 1. The third kappa shape index (κ3) is 6.06. The van der Waals surface area contributed by atoms with Crippen LogP contribution in [0.15, 0.2) is 81.3 Å². The number of ether oxygens (including phenoxy) is 1. The fourth-order valence-corrected chi connectivity index (χ4v) is 8.13. The fourth-order valence-electron chi connectivity index (χ4n) is 4.37. The summed E-state index contributed by atoms with van der Waals surface area (Å²) in [5.74, 6) is 0.431. The van der Waals surface area contributed by atoms with Crippen LogP contribution in [0, 0.1) is 0 Å². The molecule has 1 fully saturated rings. The number of hydrogen-bond donors (Lipinski definition) is 1. The van der Waals surface area contributed by atoms with E-state index in [4.69, 9.17) is 16.3 Å². The van der Waals surface area contributed by atoms with Gasteiger partial charge in [-0.1, -0.05) is 41.1 Å². The van der Waals surface area contributed by atoms with Gasteiger partial charge in [-0.3, -0.25) is 9.36 Å². The third-order valence-electron chi connectivity index (χ3n) is 6.43. The number of rotatable bonds is 10. The molecule has 0 bridgehead atoms. The first kappa shape index (κ1) is 27.8. The maximum absolute atomic E-state index is 12.9. The van der Waals surface area contributed by atoms with E-state index in [1.54, 1.807) is 28.8 Å². The first-order valence-corrected chi connectivity index (χ1v) is 16.4. The van der Waals surface area contributed by atoms with Gasteiger partial charge >= 0.3 is 4.87 Å². The summed E-state index contributed by atoms with van der Waals surface area (Å²) in [6, 6.07) is 17.9. The minimum Gasteiger partial charge on any atom is -0.492 e. The highest BCUT2D eigenvalue weighted by atomic mass is 35.5. The van der Waals surface area contributed by atoms with Gasteiger partial charge in [0.2, 0.25) is 20.0 Å². The van der Waals surface area contributed by atoms with Crippen LogP contribution in [0.1, 0.15) is 18.4 Å². The second-order valence-electron chi connectivity index (χ2n) is 9.00. The van der Waals surface area contributed by atoms with Gasteiger partial charge in [-0.15, -0.1) is 0 Å². The van der Waals surface area contributed by atoms with Crippen molar-refractivity contribution in [3.63, 3.8) is 0 Å². The topological polar surface area (TPSA) is 115 Å². The van der Waals surface area contributed by atoms with Crippen LogP contribution in [-0.4, -0.2) is 51.9 Å². The second kappa shape index (κ2) is 11.4. The number of hydrogen-bond acceptors (Lipinski definition) is 7. The molecule has 39 heavy (non-hydrogen) atoms. The van der Waals surface area contributed by atoms with E-state index in [1.807, 2.05) is 18.2 Å². The number of nitrogens with one attached hydrogen (secondary N) is 1. The van der Waals surface area contributed by atoms with Gasteiger partial charge in [-0.25, -0.2) is 21.6 Å². The van der Waals surface area contributed by atoms with Gasteiger partial charge in [-0.2, -0.15) is 4.31 Å². The van der Waals surface area contributed by atoms with E-state index in [-0.39, 0.29) is 34.4 Å². The molecule has 9 nitrogen and oxygen atoms in total. The van der Waals surface area contributed by atoms with E-state index in [2.05, 4.69) is 4.72 Å². The Morgan fingerprint density at radius 1 is 0.923 bits per heavy atom. The van der Waals surface area contributed by atoms with Crippen LogP contribution in [0.4, 0.5) is 0 Å². The lowest BCUT2D eigenvalue weighted by atomic mass is 10.2. The Morgan fingerprint density at radius 3 is 2.33 bits per heavy atom. The van der Waals surface area contributed by atoms with Gasteiger partial charge < -0.3 is 4.74 Å². The summed E-state index contributed by atoms with van der Waals surface area (Å²) < 4.78 is 62.7. The Bertz CT molecular complexity index is 1760. The van der Waals surface area contributed by atoms with Crippen molar-refractivity contribution < 1.29 is 21.6 Å². The molecule has 0 saturated carbocycles. The first-order chi connectivity index (χ1) is 18.6. The number of benzene rings is 3. The summed E-state index contributed by atoms with van der Waals surface area (Å²) in [5, 5.41) is 0.553. The van der Waals surface area contributed by atoms with Gasteiger partial charge in [0.05, 0.1) is 26.6 Å². The van der Waals surface area contributed by atoms with Gasteiger partial charge in [0.25, 0.3) is 0 Å². The van der Waals surface area contributed by atoms with Crippen molar-refractivity contribution in [3.8, 4) is 5.75 Å². The van der Waals surface area contributed by atoms with Crippen LogP contribution in [0.2, 0.25) is 5.02 Å². The number of halogens is 1. The minimum absolute atomic E-state index is 0.00203. The summed E-state index contributed by atoms with van der Waals surface area (Å²) in [5.41, 5.74) is 1.42. The molecule has 5 rings (SSSR count). The number of nitrogens with zero attached hydrogens (tertiary/aromatic N) is 2. The van der Waals surface area contributed by atoms with E-state index >= 15 is 0 Å². The van der Waals surface area contributed by atoms with Crippen molar-refractivity contribution in [2.75, 3.05) is 26.2 Å². The SMILES string of the molecule is O=c1sc2cc(S(=O)(=O)NCCOc3ccc(S(=O)(=O)N4CCCC4)cc3)ccc2n1Cc1ccccc1Cl. The Morgan fingerprint density at radius 2 is 1.62 bits per heavy atom. The molecule has 1 N–H and O–H groups in total. The molecule has 0 atom stereocenters. The maximum atomic E-state index is 12.9. The molecule has 1 aliphatic heterocycles. The molecule has 1 aromatic heterocycles. The van der Waals surface area contributed by atoms with Crippen LogP contribution in [0.25, 0.3) is 10.2 Å². The van der Waals surface area contributed by atoms with E-state index < -0.39 is 20.0 Å². The van der Waals surface area contributed by atoms with Crippen LogP contribution in [0.5, 0.6) is 5.75 Å². The van der Waals surface area contributed by atoms with Crippen molar-refractivity contribution in [1.82, 2.24) is 13.6 Å². The summed E-state index contributed by atoms with van der Waals surface area (Å²) in [4.78, 5) is 12.7. The highest BCUT2D eigenvalue weighted by Gasteiger charge is 2.27. The molecule has 2 heterocycles. The normalized spacial score (nSPS) is 14.7. The zero-order valence-corrected chi connectivity index (χ0v) is 24.0. The van der Waals surface area contributed by atoms with Crippen LogP contribution < -0.4 is 14.3 Å². The molecule has 0 unspecified atom stereocenters. The van der Waals surface area contributed by atoms with Gasteiger partial charge in [-0.05, 0) is 66.9 Å². The Kier molecular flexibility index (Phi) is 8.13. The summed E-state index contributed by atoms with van der Waals surface area (Å²) in [6.07, 6.45) is 1.72. The average Bonchev–Trinajstić information content (AvgIpc) is 3.57. The molecular weight excluding hydrogens is 582 g/mol. The smallest absolute Gasteiger partial charge is 0.308 e. The largest absolute Gasteiger partial charge is 0.492 e. The van der Waals surface area contributed by atoms with Crippen LogP contribution in [0.3, 0.4) is 0 Å². The summed E-state index contributed by atoms with van der Waals surface area (Å²) in [7, 11) is -7.36. The van der Waals surface area contributed by atoms with Crippen molar-refractivity contribution >= 4 is 53.2 Å². The highest BCUT2D eigenvalue weighted by Crippen LogP contribution is 2.25. The minimum atomic E-state index is -3.85. The van der Waals surface area contributed by atoms with E-state index in [0.29, 0.717) is 34.1 Å². The number of aromatic nitrogens is 1. The molecule has 206 valence electrons. The molecule has 0 aliphatic carbocycles. The molecule has 4 aromatic rings. The van der Waals surface area contributed by atoms with E-state index in [1.165, 1.54) is 28.6 Å². The Labute approximate surface area is 235 Å². The first-order valence-electron chi connectivity index (χ1n) is 12.2. The van der Waals surface area contributed by atoms with Crippen LogP contribution in [-0.2, 0) is 26.6 Å². The number of sulfonamides is 2. The van der Waals surface area contributed by atoms with Crippen molar-refractivity contribution in [1.29, 1.82) is 0 Å². The Balaban J connectivity index is 1.20. The van der Waals surface area contributed by atoms with Crippen molar-refractivity contribution in [2.24, 2.45) is 0 Å². The molecular formula is C26H26ClN3O6S3. The molecule has 1 saturated heterocycles. The van der Waals surface area contributed by atoms with E-state index in [0.717, 1.165) is 29.7 Å². The monoisotopic (exact) mass is 607 g/mol. The molecule has 1 aliphatic rings. The lowest BCUT2D eigenvalue weighted by molar-refractivity contribution is 0.322. The maximum Gasteiger partial charge on any atom is 0.308 e. The summed E-state index contributed by atoms with van der Waals surface area (Å²) >= 11 is 7.21. The lowest BCUT2D eigenvalue weighted by Gasteiger charge is -2.15. The van der Waals surface area contributed by atoms with Gasteiger partial charge in [0.1, 0.15) is 12.4 Å². The molecule has 0 radical (unpaired) electrons. The van der Waals surface area contributed by atoms with Crippen molar-refractivity contribution in [3.05, 3.63) is 87.0 Å². The third-order valence-corrected chi connectivity index (χ3v) is 11.1. The quantitative estimate of drug-likeness (QED) is 0.273. The standard InChI is InChI=1S/C26H26ClN3O6S3/c27-23-6-2-1-5-19(23)18-30-24-12-11-22(17-25(24)37-26(30)31)38(32,33)28-13-16-36-20-7-9-21(10-8-20)39(34,35)29-14-3-4-15-29/h1-2,5-12,17,28H,3-4,13-16,18H2. The zero-order valence-electron chi connectivity index (χ0n) is 20.7.